The third-order valence-electron chi connectivity index (χ3n) is 6.16. The Morgan fingerprint density at radius 3 is 2.00 bits per heavy atom. The summed E-state index contributed by atoms with van der Waals surface area (Å²) < 4.78 is 0. The summed E-state index contributed by atoms with van der Waals surface area (Å²) in [6, 6.07) is 0. The molecule has 140 valence electrons. The van der Waals surface area contributed by atoms with E-state index in [0.29, 0.717) is 0 Å². The quantitative estimate of drug-likeness (QED) is 0.408. The van der Waals surface area contributed by atoms with Gasteiger partial charge in [0.2, 0.25) is 0 Å². The van der Waals surface area contributed by atoms with E-state index in [2.05, 4.69) is 21.7 Å². The molecule has 3 rings (SSSR count). The summed E-state index contributed by atoms with van der Waals surface area (Å²) >= 11 is 0. The second-order valence-corrected chi connectivity index (χ2v) is 7.80. The Morgan fingerprint density at radius 1 is 0.875 bits per heavy atom. The molecule has 0 bridgehead atoms. The molecule has 0 aromatic heterocycles. The van der Waals surface area contributed by atoms with Crippen LogP contribution >= 0.6 is 24.0 Å². The van der Waals surface area contributed by atoms with E-state index < -0.39 is 0 Å². The van der Waals surface area contributed by atoms with Crippen molar-refractivity contribution in [1.29, 1.82) is 0 Å². The first-order valence-electron chi connectivity index (χ1n) is 9.68. The van der Waals surface area contributed by atoms with Crippen LogP contribution in [0.25, 0.3) is 0 Å². The first kappa shape index (κ1) is 20.2. The minimum absolute atomic E-state index is 0. The number of halogens is 1. The van der Waals surface area contributed by atoms with E-state index in [0.717, 1.165) is 25.6 Å². The van der Waals surface area contributed by atoms with Gasteiger partial charge in [0.25, 0.3) is 0 Å². The summed E-state index contributed by atoms with van der Waals surface area (Å²) in [5.74, 6) is 0.792. The molecular weight excluding hydrogens is 413 g/mol. The highest BCUT2D eigenvalue weighted by Crippen LogP contribution is 2.31. The maximum absolute atomic E-state index is 6.33. The fourth-order valence-corrected chi connectivity index (χ4v) is 4.43. The third-order valence-corrected chi connectivity index (χ3v) is 6.16. The van der Waals surface area contributed by atoms with Crippen LogP contribution in [-0.2, 0) is 0 Å². The van der Waals surface area contributed by atoms with Crippen LogP contribution in [0.4, 0.5) is 0 Å². The topological polar surface area (TPSA) is 48.1 Å². The molecule has 3 fully saturated rings. The minimum atomic E-state index is 0. The average Bonchev–Trinajstić information content (AvgIpc) is 2.63. The molecule has 6 heteroatoms. The molecule has 24 heavy (non-hydrogen) atoms. The molecule has 3 heterocycles. The van der Waals surface area contributed by atoms with Crippen molar-refractivity contribution in [3.8, 4) is 0 Å². The van der Waals surface area contributed by atoms with Crippen LogP contribution in [0.3, 0.4) is 0 Å². The predicted molar refractivity (Wildman–Crippen MR) is 112 cm³/mol. The number of hydrogen-bond donors (Lipinski definition) is 1. The Kier molecular flexibility index (Phi) is 8.07. The monoisotopic (exact) mass is 449 g/mol. The predicted octanol–water partition coefficient (Wildman–Crippen LogP) is 2.36. The van der Waals surface area contributed by atoms with Gasteiger partial charge in [0.15, 0.2) is 5.96 Å². The van der Waals surface area contributed by atoms with Gasteiger partial charge < -0.3 is 15.5 Å². The van der Waals surface area contributed by atoms with E-state index in [1.807, 2.05) is 0 Å². The van der Waals surface area contributed by atoms with Crippen molar-refractivity contribution in [1.82, 2.24) is 14.7 Å². The fourth-order valence-electron chi connectivity index (χ4n) is 4.43. The van der Waals surface area contributed by atoms with Crippen molar-refractivity contribution in [3.63, 3.8) is 0 Å². The van der Waals surface area contributed by atoms with Gasteiger partial charge in [-0.05, 0) is 78.2 Å². The Bertz CT molecular complexity index is 394. The van der Waals surface area contributed by atoms with Crippen molar-refractivity contribution >= 4 is 29.9 Å². The van der Waals surface area contributed by atoms with Crippen LogP contribution in [0, 0.1) is 0 Å². The van der Waals surface area contributed by atoms with Crippen molar-refractivity contribution in [3.05, 3.63) is 0 Å². The summed E-state index contributed by atoms with van der Waals surface area (Å²) in [7, 11) is 2.24. The molecule has 5 nitrogen and oxygen atoms in total. The molecule has 0 aromatic rings. The van der Waals surface area contributed by atoms with E-state index in [1.54, 1.807) is 0 Å². The van der Waals surface area contributed by atoms with Gasteiger partial charge in [-0.25, -0.2) is 0 Å². The van der Waals surface area contributed by atoms with E-state index >= 15 is 0 Å². The van der Waals surface area contributed by atoms with Gasteiger partial charge in [-0.2, -0.15) is 0 Å². The standard InChI is InChI=1S/C18H35N5.HI/c1-21-14-8-18(9-15-21,23-12-6-3-7-13-23)16-20-17(19)22-10-4-2-5-11-22;/h2-16H2,1H3,(H2,19,20);1H. The van der Waals surface area contributed by atoms with Crippen LogP contribution < -0.4 is 5.73 Å². The van der Waals surface area contributed by atoms with Crippen molar-refractivity contribution < 1.29 is 0 Å². The van der Waals surface area contributed by atoms with Crippen LogP contribution in [0.2, 0.25) is 0 Å². The molecule has 0 aromatic carbocycles. The number of rotatable bonds is 3. The molecule has 0 atom stereocenters. The van der Waals surface area contributed by atoms with E-state index in [4.69, 9.17) is 10.7 Å². The van der Waals surface area contributed by atoms with E-state index in [-0.39, 0.29) is 29.5 Å². The summed E-state index contributed by atoms with van der Waals surface area (Å²) in [6.45, 7) is 7.96. The molecule has 0 spiro atoms. The highest BCUT2D eigenvalue weighted by molar-refractivity contribution is 14.0. The zero-order chi connectivity index (χ0) is 16.1. The molecule has 3 saturated heterocycles. The molecule has 2 N–H and O–H groups in total. The number of likely N-dealkylation sites (tertiary alicyclic amines) is 3. The molecule has 0 unspecified atom stereocenters. The summed E-state index contributed by atoms with van der Waals surface area (Å²) in [5.41, 5.74) is 6.59. The maximum Gasteiger partial charge on any atom is 0.191 e. The van der Waals surface area contributed by atoms with Crippen LogP contribution in [0.15, 0.2) is 4.99 Å². The zero-order valence-electron chi connectivity index (χ0n) is 15.4. The highest BCUT2D eigenvalue weighted by Gasteiger charge is 2.39. The second kappa shape index (κ2) is 9.57. The smallest absolute Gasteiger partial charge is 0.191 e. The van der Waals surface area contributed by atoms with Crippen molar-refractivity contribution in [2.45, 2.75) is 56.9 Å². The molecular formula is C18H36IN5. The number of piperidine rings is 3. The van der Waals surface area contributed by atoms with Crippen molar-refractivity contribution in [2.75, 3.05) is 52.9 Å². The first-order chi connectivity index (χ1) is 11.2. The lowest BCUT2D eigenvalue weighted by Crippen LogP contribution is -2.58. The van der Waals surface area contributed by atoms with Gasteiger partial charge in [-0.15, -0.1) is 24.0 Å². The highest BCUT2D eigenvalue weighted by atomic mass is 127. The Balaban J connectivity index is 0.00000208. The van der Waals surface area contributed by atoms with Gasteiger partial charge in [0.05, 0.1) is 6.54 Å². The molecule has 3 aliphatic rings. The minimum Gasteiger partial charge on any atom is -0.370 e. The maximum atomic E-state index is 6.33. The molecule has 0 aliphatic carbocycles. The van der Waals surface area contributed by atoms with Gasteiger partial charge in [-0.3, -0.25) is 9.89 Å². The zero-order valence-corrected chi connectivity index (χ0v) is 17.7. The second-order valence-electron chi connectivity index (χ2n) is 7.80. The first-order valence-corrected chi connectivity index (χ1v) is 9.68. The third kappa shape index (κ3) is 4.97. The van der Waals surface area contributed by atoms with Gasteiger partial charge in [0, 0.05) is 18.6 Å². The molecule has 0 amide bonds. The van der Waals surface area contributed by atoms with E-state index in [1.165, 1.54) is 77.5 Å². The van der Waals surface area contributed by atoms with Gasteiger partial charge in [-0.1, -0.05) is 6.42 Å². The number of aliphatic imine (C=N–C) groups is 1. The molecule has 0 radical (unpaired) electrons. The lowest BCUT2D eigenvalue weighted by atomic mass is 9.84. The van der Waals surface area contributed by atoms with Crippen LogP contribution in [0.1, 0.15) is 51.4 Å². The largest absolute Gasteiger partial charge is 0.370 e. The number of guanidine groups is 1. The van der Waals surface area contributed by atoms with Crippen LogP contribution in [-0.4, -0.2) is 79.1 Å². The number of hydrogen-bond acceptors (Lipinski definition) is 3. The number of nitrogens with zero attached hydrogens (tertiary/aromatic N) is 4. The Labute approximate surface area is 165 Å². The van der Waals surface area contributed by atoms with E-state index in [9.17, 15) is 0 Å². The summed E-state index contributed by atoms with van der Waals surface area (Å²) in [5, 5.41) is 0. The van der Waals surface area contributed by atoms with Gasteiger partial charge in [0.1, 0.15) is 0 Å². The lowest BCUT2D eigenvalue weighted by molar-refractivity contribution is 0.0207. The van der Waals surface area contributed by atoms with Crippen LogP contribution in [0.5, 0.6) is 0 Å². The SMILES string of the molecule is CN1CCC(CN=C(N)N2CCCCC2)(N2CCCCC2)CC1.I. The molecule has 0 saturated carbocycles. The normalized spacial score (nSPS) is 26.9. The molecule has 3 aliphatic heterocycles. The summed E-state index contributed by atoms with van der Waals surface area (Å²) in [4.78, 5) is 12.4. The van der Waals surface area contributed by atoms with Gasteiger partial charge >= 0.3 is 0 Å². The summed E-state index contributed by atoms with van der Waals surface area (Å²) in [6.07, 6.45) is 10.4. The average molecular weight is 449 g/mol. The Morgan fingerprint density at radius 2 is 1.42 bits per heavy atom. The Hall–Kier alpha value is -0.0800. The fraction of sp³-hybridized carbons (Fsp3) is 0.944. The van der Waals surface area contributed by atoms with Crippen molar-refractivity contribution in [2.24, 2.45) is 10.7 Å². The number of nitrogens with two attached hydrogens (primary N) is 1. The lowest BCUT2D eigenvalue weighted by Gasteiger charge is -2.49.